The summed E-state index contributed by atoms with van der Waals surface area (Å²) in [5, 5.41) is 3.41. The second-order valence-corrected chi connectivity index (χ2v) is 7.49. The molecule has 2 atom stereocenters. The van der Waals surface area contributed by atoms with Crippen molar-refractivity contribution in [2.75, 3.05) is 33.2 Å². The molecule has 1 aromatic rings. The highest BCUT2D eigenvalue weighted by Crippen LogP contribution is 2.26. The third kappa shape index (κ3) is 3.85. The third-order valence-electron chi connectivity index (χ3n) is 4.91. The molecule has 4 rings (SSSR count). The van der Waals surface area contributed by atoms with E-state index in [1.54, 1.807) is 12.1 Å². The molecule has 130 valence electrons. The molecule has 1 aromatic carbocycles. The first-order valence-corrected chi connectivity index (χ1v) is 8.91. The number of halogens is 2. The highest BCUT2D eigenvalue weighted by atomic mass is 35.5. The van der Waals surface area contributed by atoms with Crippen LogP contribution in [-0.4, -0.2) is 60.9 Å². The number of hydrogen-bond donors (Lipinski definition) is 1. The highest BCUT2D eigenvalue weighted by molar-refractivity contribution is 6.35. The van der Waals surface area contributed by atoms with E-state index in [0.717, 1.165) is 26.1 Å². The lowest BCUT2D eigenvalue weighted by Gasteiger charge is -2.32. The van der Waals surface area contributed by atoms with Crippen molar-refractivity contribution >= 4 is 35.0 Å². The second-order valence-electron chi connectivity index (χ2n) is 6.64. The van der Waals surface area contributed by atoms with Crippen molar-refractivity contribution in [2.45, 2.75) is 18.9 Å². The zero-order chi connectivity index (χ0) is 17.3. The van der Waals surface area contributed by atoms with Crippen LogP contribution in [0.1, 0.15) is 23.2 Å². The second kappa shape index (κ2) is 7.30. The Kier molecular flexibility index (Phi) is 5.33. The van der Waals surface area contributed by atoms with E-state index in [1.807, 2.05) is 4.90 Å². The maximum Gasteiger partial charge on any atom is 0.253 e. The van der Waals surface area contributed by atoms with Crippen LogP contribution < -0.4 is 5.32 Å². The van der Waals surface area contributed by atoms with Crippen LogP contribution in [-0.2, 0) is 4.79 Å². The Morgan fingerprint density at radius 2 is 2.00 bits per heavy atom. The Hall–Kier alpha value is -1.30. The Bertz CT molecular complexity index is 653. The summed E-state index contributed by atoms with van der Waals surface area (Å²) in [7, 11) is 2.12. The molecule has 3 aliphatic rings. The first-order chi connectivity index (χ1) is 11.4. The summed E-state index contributed by atoms with van der Waals surface area (Å²) in [5.74, 6) is 0.0928. The summed E-state index contributed by atoms with van der Waals surface area (Å²) >= 11 is 11.9. The lowest BCUT2D eigenvalue weighted by Crippen LogP contribution is -2.44. The van der Waals surface area contributed by atoms with Crippen LogP contribution in [0.3, 0.4) is 0 Å². The lowest BCUT2D eigenvalue weighted by atomic mass is 9.96. The van der Waals surface area contributed by atoms with E-state index in [4.69, 9.17) is 23.2 Å². The maximum atomic E-state index is 12.5. The Morgan fingerprint density at radius 1 is 1.21 bits per heavy atom. The van der Waals surface area contributed by atoms with Crippen LogP contribution in [0.2, 0.25) is 10.0 Å². The van der Waals surface area contributed by atoms with E-state index in [2.05, 4.69) is 17.3 Å². The number of fused-ring (bicyclic) bond motifs is 4. The van der Waals surface area contributed by atoms with Crippen LogP contribution in [0.15, 0.2) is 18.2 Å². The molecular formula is C17H21Cl2N3O2. The molecule has 2 bridgehead atoms. The number of rotatable bonds is 3. The van der Waals surface area contributed by atoms with Gasteiger partial charge >= 0.3 is 0 Å². The van der Waals surface area contributed by atoms with E-state index >= 15 is 0 Å². The van der Waals surface area contributed by atoms with Gasteiger partial charge in [-0.1, -0.05) is 23.2 Å². The molecule has 2 amide bonds. The molecule has 0 unspecified atom stereocenters. The number of carbonyl (C=O) groups is 2. The largest absolute Gasteiger partial charge is 0.343 e. The number of hydrogen-bond acceptors (Lipinski definition) is 3. The van der Waals surface area contributed by atoms with Crippen molar-refractivity contribution in [3.8, 4) is 0 Å². The van der Waals surface area contributed by atoms with Gasteiger partial charge in [0.1, 0.15) is 0 Å². The van der Waals surface area contributed by atoms with Crippen molar-refractivity contribution in [1.82, 2.24) is 15.1 Å². The van der Waals surface area contributed by atoms with Gasteiger partial charge in [-0.3, -0.25) is 9.59 Å². The van der Waals surface area contributed by atoms with Crippen LogP contribution in [0, 0.1) is 5.92 Å². The summed E-state index contributed by atoms with van der Waals surface area (Å²) in [5.41, 5.74) is 0.285. The van der Waals surface area contributed by atoms with Crippen molar-refractivity contribution in [3.63, 3.8) is 0 Å². The van der Waals surface area contributed by atoms with Crippen molar-refractivity contribution < 1.29 is 9.59 Å². The zero-order valence-corrected chi connectivity index (χ0v) is 15.1. The smallest absolute Gasteiger partial charge is 0.253 e. The van der Waals surface area contributed by atoms with Gasteiger partial charge in [0.2, 0.25) is 5.91 Å². The molecule has 3 aliphatic heterocycles. The van der Waals surface area contributed by atoms with Gasteiger partial charge in [0.25, 0.3) is 5.91 Å². The molecule has 0 aromatic heterocycles. The Balaban J connectivity index is 1.59. The van der Waals surface area contributed by atoms with Crippen LogP contribution in [0.4, 0.5) is 0 Å². The quantitative estimate of drug-likeness (QED) is 0.888. The molecular weight excluding hydrogens is 349 g/mol. The number of carbonyl (C=O) groups excluding carboxylic acids is 2. The predicted octanol–water partition coefficient (Wildman–Crippen LogP) is 2.28. The van der Waals surface area contributed by atoms with Crippen molar-refractivity contribution in [3.05, 3.63) is 33.8 Å². The minimum absolute atomic E-state index is 0.0230. The number of piperidine rings is 1. The van der Waals surface area contributed by atoms with Crippen LogP contribution in [0.25, 0.3) is 0 Å². The summed E-state index contributed by atoms with van der Waals surface area (Å²) in [6.07, 6.45) is 2.30. The van der Waals surface area contributed by atoms with Gasteiger partial charge in [0.15, 0.2) is 0 Å². The molecule has 0 spiro atoms. The molecule has 5 nitrogen and oxygen atoms in total. The molecule has 24 heavy (non-hydrogen) atoms. The van der Waals surface area contributed by atoms with E-state index in [9.17, 15) is 9.59 Å². The Morgan fingerprint density at radius 3 is 2.75 bits per heavy atom. The van der Waals surface area contributed by atoms with Crippen molar-refractivity contribution in [2.24, 2.45) is 5.92 Å². The molecule has 0 saturated carbocycles. The van der Waals surface area contributed by atoms with Gasteiger partial charge in [0.05, 0.1) is 17.1 Å². The van der Waals surface area contributed by atoms with Gasteiger partial charge in [-0.15, -0.1) is 0 Å². The minimum Gasteiger partial charge on any atom is -0.343 e. The summed E-state index contributed by atoms with van der Waals surface area (Å²) < 4.78 is 0. The van der Waals surface area contributed by atoms with Crippen LogP contribution >= 0.6 is 23.2 Å². The molecule has 3 fully saturated rings. The van der Waals surface area contributed by atoms with Crippen molar-refractivity contribution in [1.29, 1.82) is 0 Å². The fraction of sp³-hybridized carbons (Fsp3) is 0.529. The van der Waals surface area contributed by atoms with Gasteiger partial charge in [-0.05, 0) is 44.0 Å². The highest BCUT2D eigenvalue weighted by Gasteiger charge is 2.34. The minimum atomic E-state index is -0.384. The molecule has 0 radical (unpaired) electrons. The number of nitrogens with zero attached hydrogens (tertiary/aromatic N) is 2. The van der Waals surface area contributed by atoms with E-state index in [-0.39, 0.29) is 23.9 Å². The van der Waals surface area contributed by atoms with E-state index < -0.39 is 0 Å². The topological polar surface area (TPSA) is 52.6 Å². The molecule has 0 aliphatic carbocycles. The third-order valence-corrected chi connectivity index (χ3v) is 5.48. The SMILES string of the molecule is CN1C[C@H]2CC[C@@H]1CN(C(=O)CNC(=O)c1cc(Cl)ccc1Cl)C2. The van der Waals surface area contributed by atoms with E-state index in [1.165, 1.54) is 12.5 Å². The number of likely N-dealkylation sites (N-methyl/N-ethyl adjacent to an activating group) is 1. The predicted molar refractivity (Wildman–Crippen MR) is 94.5 cm³/mol. The normalized spacial score (nSPS) is 23.9. The lowest BCUT2D eigenvalue weighted by molar-refractivity contribution is -0.130. The van der Waals surface area contributed by atoms with Gasteiger partial charge < -0.3 is 15.1 Å². The molecule has 3 saturated heterocycles. The number of benzene rings is 1. The average Bonchev–Trinajstić information content (AvgIpc) is 2.86. The van der Waals surface area contributed by atoms with Gasteiger partial charge in [-0.25, -0.2) is 0 Å². The number of amides is 2. The van der Waals surface area contributed by atoms with Gasteiger partial charge in [0, 0.05) is 30.7 Å². The maximum absolute atomic E-state index is 12.5. The standard InChI is InChI=1S/C17H21Cl2N3O2/c1-21-8-11-2-4-13(21)10-22(9-11)16(23)7-20-17(24)14-6-12(18)3-5-15(14)19/h3,5-6,11,13H,2,4,7-10H2,1H3,(H,20,24)/t11-,13-/m1/s1. The Labute approximate surface area is 151 Å². The average molecular weight is 370 g/mol. The summed E-state index contributed by atoms with van der Waals surface area (Å²) in [6.45, 7) is 2.52. The fourth-order valence-corrected chi connectivity index (χ4v) is 3.93. The zero-order valence-electron chi connectivity index (χ0n) is 13.6. The molecule has 3 heterocycles. The first-order valence-electron chi connectivity index (χ1n) is 8.15. The fourth-order valence-electron chi connectivity index (χ4n) is 3.55. The molecule has 1 N–H and O–H groups in total. The summed E-state index contributed by atoms with van der Waals surface area (Å²) in [4.78, 5) is 29.0. The summed E-state index contributed by atoms with van der Waals surface area (Å²) in [6, 6.07) is 5.12. The first kappa shape index (κ1) is 17.5. The van der Waals surface area contributed by atoms with Gasteiger partial charge in [-0.2, -0.15) is 0 Å². The monoisotopic (exact) mass is 369 g/mol. The van der Waals surface area contributed by atoms with Crippen LogP contribution in [0.5, 0.6) is 0 Å². The van der Waals surface area contributed by atoms with E-state index in [0.29, 0.717) is 22.0 Å². The molecule has 7 heteroatoms. The number of nitrogens with one attached hydrogen (secondary N) is 1.